The summed E-state index contributed by atoms with van der Waals surface area (Å²) in [4.78, 5) is 22.1. The highest BCUT2D eigenvalue weighted by molar-refractivity contribution is 5.73. The molecule has 1 amide bonds. The molecule has 0 unspecified atom stereocenters. The van der Waals surface area contributed by atoms with Crippen LogP contribution in [0, 0.1) is 0 Å². The number of ether oxygens (including phenoxy) is 1. The quantitative estimate of drug-likeness (QED) is 0.579. The molecule has 1 aliphatic rings. The molecule has 0 saturated carbocycles. The summed E-state index contributed by atoms with van der Waals surface area (Å²) in [6.45, 7) is 3.37. The number of rotatable bonds is 1. The average Bonchev–Trinajstić information content (AvgIpc) is 2.24. The van der Waals surface area contributed by atoms with E-state index in [1.165, 1.54) is 0 Å². The molecule has 5 nitrogen and oxygen atoms in total. The molecule has 1 fully saturated rings. The molecule has 0 spiro atoms. The van der Waals surface area contributed by atoms with E-state index in [-0.39, 0.29) is 6.61 Å². The molecule has 68 valence electrons. The smallest absolute Gasteiger partial charge is 0.410 e. The molecule has 12 heavy (non-hydrogen) atoms. The predicted octanol–water partition coefficient (Wildman–Crippen LogP) is 0.300. The van der Waals surface area contributed by atoms with Crippen molar-refractivity contribution >= 4 is 12.4 Å². The van der Waals surface area contributed by atoms with E-state index < -0.39 is 17.9 Å². The lowest BCUT2D eigenvalue weighted by Crippen LogP contribution is -2.47. The number of carboxylic acid groups (broad SMARTS) is 1. The van der Waals surface area contributed by atoms with Gasteiger partial charge in [0.2, 0.25) is 0 Å². The molecule has 0 aromatic carbocycles. The molecule has 1 atom stereocenters. The molecular weight excluding hydrogens is 162 g/mol. The standard InChI is InChI=1S/C7H11NO4/c1-7(2)8(6(10)11)5(3-9)4-12-7/h3,5H,4H2,1-2H3,(H,10,11)/t5-/m1/s1. The van der Waals surface area contributed by atoms with Gasteiger partial charge in [0.05, 0.1) is 6.61 Å². The number of carbonyl (C=O) groups excluding carboxylic acids is 1. The van der Waals surface area contributed by atoms with Gasteiger partial charge >= 0.3 is 6.09 Å². The van der Waals surface area contributed by atoms with Gasteiger partial charge in [-0.25, -0.2) is 4.79 Å². The largest absolute Gasteiger partial charge is 0.465 e. The second-order valence-corrected chi connectivity index (χ2v) is 3.11. The van der Waals surface area contributed by atoms with E-state index >= 15 is 0 Å². The van der Waals surface area contributed by atoms with Gasteiger partial charge < -0.3 is 14.6 Å². The molecule has 1 aliphatic heterocycles. The molecule has 5 heteroatoms. The van der Waals surface area contributed by atoms with E-state index in [0.29, 0.717) is 6.29 Å². The first-order valence-corrected chi connectivity index (χ1v) is 3.60. The van der Waals surface area contributed by atoms with Crippen LogP contribution in [0.4, 0.5) is 4.79 Å². The molecule has 1 saturated heterocycles. The molecule has 1 heterocycles. The highest BCUT2D eigenvalue weighted by Crippen LogP contribution is 2.25. The summed E-state index contributed by atoms with van der Waals surface area (Å²) in [5.74, 6) is 0. The summed E-state index contributed by atoms with van der Waals surface area (Å²) in [6, 6.07) is -0.669. The van der Waals surface area contributed by atoms with Crippen molar-refractivity contribution < 1.29 is 19.4 Å². The first-order chi connectivity index (χ1) is 5.49. The van der Waals surface area contributed by atoms with Crippen LogP contribution in [0.1, 0.15) is 13.8 Å². The van der Waals surface area contributed by atoms with Gasteiger partial charge in [0, 0.05) is 0 Å². The maximum atomic E-state index is 10.7. The topological polar surface area (TPSA) is 66.8 Å². The summed E-state index contributed by atoms with van der Waals surface area (Å²) in [5.41, 5.74) is -0.891. The molecule has 1 rings (SSSR count). The van der Waals surface area contributed by atoms with E-state index in [4.69, 9.17) is 9.84 Å². The van der Waals surface area contributed by atoms with Crippen LogP contribution in [0.25, 0.3) is 0 Å². The summed E-state index contributed by atoms with van der Waals surface area (Å²) < 4.78 is 5.13. The lowest BCUT2D eigenvalue weighted by molar-refractivity contribution is -0.112. The monoisotopic (exact) mass is 173 g/mol. The maximum Gasteiger partial charge on any atom is 0.410 e. The Hall–Kier alpha value is -1.10. The zero-order valence-electron chi connectivity index (χ0n) is 6.98. The Morgan fingerprint density at radius 2 is 2.33 bits per heavy atom. The Morgan fingerprint density at radius 1 is 1.75 bits per heavy atom. The normalized spacial score (nSPS) is 27.2. The van der Waals surface area contributed by atoms with Crippen LogP contribution in [0.5, 0.6) is 0 Å². The fourth-order valence-corrected chi connectivity index (χ4v) is 1.31. The Kier molecular flexibility index (Phi) is 2.06. The minimum atomic E-state index is -1.13. The van der Waals surface area contributed by atoms with Crippen molar-refractivity contribution in [3.8, 4) is 0 Å². The van der Waals surface area contributed by atoms with Crippen LogP contribution in [0.2, 0.25) is 0 Å². The molecule has 0 aromatic heterocycles. The highest BCUT2D eigenvalue weighted by atomic mass is 16.5. The van der Waals surface area contributed by atoms with Crippen molar-refractivity contribution in [3.63, 3.8) is 0 Å². The number of amides is 1. The van der Waals surface area contributed by atoms with Gasteiger partial charge in [0.15, 0.2) is 0 Å². The SMILES string of the molecule is CC1(C)OC[C@@H](C=O)N1C(=O)O. The third-order valence-corrected chi connectivity index (χ3v) is 1.88. The first kappa shape index (κ1) is 8.99. The average molecular weight is 173 g/mol. The van der Waals surface area contributed by atoms with Crippen molar-refractivity contribution in [1.82, 2.24) is 4.90 Å². The fraction of sp³-hybridized carbons (Fsp3) is 0.714. The Labute approximate surface area is 69.9 Å². The second kappa shape index (κ2) is 2.75. The molecule has 0 aliphatic carbocycles. The second-order valence-electron chi connectivity index (χ2n) is 3.11. The van der Waals surface area contributed by atoms with Crippen molar-refractivity contribution in [2.24, 2.45) is 0 Å². The minimum absolute atomic E-state index is 0.142. The zero-order valence-corrected chi connectivity index (χ0v) is 6.98. The van der Waals surface area contributed by atoms with Crippen LogP contribution < -0.4 is 0 Å². The summed E-state index contributed by atoms with van der Waals surface area (Å²) >= 11 is 0. The van der Waals surface area contributed by atoms with Crippen molar-refractivity contribution in [1.29, 1.82) is 0 Å². The van der Waals surface area contributed by atoms with Crippen molar-refractivity contribution in [2.75, 3.05) is 6.61 Å². The van der Waals surface area contributed by atoms with E-state index in [1.807, 2.05) is 0 Å². The number of aldehydes is 1. The van der Waals surface area contributed by atoms with Gasteiger partial charge in [-0.3, -0.25) is 4.90 Å². The van der Waals surface area contributed by atoms with Gasteiger partial charge in [-0.1, -0.05) is 0 Å². The lowest BCUT2D eigenvalue weighted by Gasteiger charge is -2.28. The van der Waals surface area contributed by atoms with Crippen molar-refractivity contribution in [2.45, 2.75) is 25.6 Å². The van der Waals surface area contributed by atoms with Crippen LogP contribution in [-0.4, -0.2) is 40.8 Å². The van der Waals surface area contributed by atoms with E-state index in [9.17, 15) is 9.59 Å². The van der Waals surface area contributed by atoms with Gasteiger partial charge in [-0.05, 0) is 13.8 Å². The highest BCUT2D eigenvalue weighted by Gasteiger charge is 2.43. The van der Waals surface area contributed by atoms with Gasteiger partial charge in [0.1, 0.15) is 18.1 Å². The molecule has 0 aromatic rings. The van der Waals surface area contributed by atoms with E-state index in [0.717, 1.165) is 4.90 Å². The number of carbonyl (C=O) groups is 2. The number of hydrogen-bond acceptors (Lipinski definition) is 3. The molecule has 0 radical (unpaired) electrons. The lowest BCUT2D eigenvalue weighted by atomic mass is 10.2. The molecular formula is C7H11NO4. The summed E-state index contributed by atoms with van der Waals surface area (Å²) in [5, 5.41) is 8.74. The zero-order chi connectivity index (χ0) is 9.35. The van der Waals surface area contributed by atoms with Gasteiger partial charge in [0.25, 0.3) is 0 Å². The third kappa shape index (κ3) is 1.27. The van der Waals surface area contributed by atoms with E-state index in [1.54, 1.807) is 13.8 Å². The summed E-state index contributed by atoms with van der Waals surface area (Å²) in [7, 11) is 0. The summed E-state index contributed by atoms with van der Waals surface area (Å²) in [6.07, 6.45) is -0.544. The fourth-order valence-electron chi connectivity index (χ4n) is 1.31. The first-order valence-electron chi connectivity index (χ1n) is 3.60. The van der Waals surface area contributed by atoms with Crippen LogP contribution in [0.3, 0.4) is 0 Å². The van der Waals surface area contributed by atoms with Crippen LogP contribution in [0.15, 0.2) is 0 Å². The Balaban J connectivity index is 2.87. The maximum absolute atomic E-state index is 10.7. The van der Waals surface area contributed by atoms with Crippen molar-refractivity contribution in [3.05, 3.63) is 0 Å². The van der Waals surface area contributed by atoms with E-state index in [2.05, 4.69) is 0 Å². The number of hydrogen-bond donors (Lipinski definition) is 1. The third-order valence-electron chi connectivity index (χ3n) is 1.88. The Bertz CT molecular complexity index is 213. The molecule has 1 N–H and O–H groups in total. The molecule has 0 bridgehead atoms. The van der Waals surface area contributed by atoms with Gasteiger partial charge in [-0.15, -0.1) is 0 Å². The predicted molar refractivity (Wildman–Crippen MR) is 39.7 cm³/mol. The minimum Gasteiger partial charge on any atom is -0.465 e. The van der Waals surface area contributed by atoms with Crippen LogP contribution in [-0.2, 0) is 9.53 Å². The number of nitrogens with zero attached hydrogens (tertiary/aromatic N) is 1. The van der Waals surface area contributed by atoms with Crippen LogP contribution >= 0.6 is 0 Å². The Morgan fingerprint density at radius 3 is 2.67 bits per heavy atom. The van der Waals surface area contributed by atoms with Gasteiger partial charge in [-0.2, -0.15) is 0 Å².